The average molecular weight is 330 g/mol. The number of hydrogen-bond acceptors (Lipinski definition) is 5. The van der Waals surface area contributed by atoms with E-state index in [0.29, 0.717) is 36.8 Å². The summed E-state index contributed by atoms with van der Waals surface area (Å²) in [6, 6.07) is 8.94. The molecule has 7 heteroatoms. The van der Waals surface area contributed by atoms with Gasteiger partial charge in [-0.2, -0.15) is 4.98 Å². The predicted octanol–water partition coefficient (Wildman–Crippen LogP) is 1.67. The first kappa shape index (κ1) is 17.7. The molecule has 128 valence electrons. The van der Waals surface area contributed by atoms with E-state index in [1.54, 1.807) is 24.3 Å². The van der Waals surface area contributed by atoms with Crippen molar-refractivity contribution in [3.63, 3.8) is 0 Å². The number of aromatic nitrogens is 2. The van der Waals surface area contributed by atoms with Crippen LogP contribution in [0.3, 0.4) is 0 Å². The van der Waals surface area contributed by atoms with Gasteiger partial charge in [-0.25, -0.2) is 0 Å². The summed E-state index contributed by atoms with van der Waals surface area (Å²) in [6.45, 7) is 4.70. The molecule has 0 fully saturated rings. The van der Waals surface area contributed by atoms with Crippen molar-refractivity contribution < 1.29 is 14.1 Å². The molecule has 1 heterocycles. The van der Waals surface area contributed by atoms with Crippen molar-refractivity contribution >= 4 is 11.8 Å². The number of carbonyl (C=O) groups is 2. The fourth-order valence-electron chi connectivity index (χ4n) is 1.98. The summed E-state index contributed by atoms with van der Waals surface area (Å²) in [5, 5.41) is 9.35. The van der Waals surface area contributed by atoms with Crippen LogP contribution in [0.4, 0.5) is 0 Å². The van der Waals surface area contributed by atoms with E-state index < -0.39 is 0 Å². The monoisotopic (exact) mass is 330 g/mol. The summed E-state index contributed by atoms with van der Waals surface area (Å²) in [5.74, 6) is 1.04. The third-order valence-electron chi connectivity index (χ3n) is 3.33. The highest BCUT2D eigenvalue weighted by Gasteiger charge is 2.11. The Labute approximate surface area is 140 Å². The zero-order valence-corrected chi connectivity index (χ0v) is 13.9. The Morgan fingerprint density at radius 1 is 1.12 bits per heavy atom. The number of rotatable bonds is 8. The lowest BCUT2D eigenvalue weighted by molar-refractivity contribution is -0.121. The summed E-state index contributed by atoms with van der Waals surface area (Å²) < 4.78 is 5.08. The summed E-state index contributed by atoms with van der Waals surface area (Å²) >= 11 is 0. The summed E-state index contributed by atoms with van der Waals surface area (Å²) in [6.07, 6.45) is 0.675. The molecule has 0 atom stereocenters. The molecule has 1 aromatic carbocycles. The van der Waals surface area contributed by atoms with Crippen LogP contribution in [0.5, 0.6) is 0 Å². The van der Waals surface area contributed by atoms with Crippen LogP contribution in [0.1, 0.15) is 48.3 Å². The predicted molar refractivity (Wildman–Crippen MR) is 88.5 cm³/mol. The fourth-order valence-corrected chi connectivity index (χ4v) is 1.98. The number of amides is 2. The highest BCUT2D eigenvalue weighted by molar-refractivity contribution is 5.94. The van der Waals surface area contributed by atoms with Crippen molar-refractivity contribution in [2.24, 2.45) is 0 Å². The molecule has 0 unspecified atom stereocenters. The van der Waals surface area contributed by atoms with Crippen LogP contribution in [0.25, 0.3) is 0 Å². The maximum atomic E-state index is 11.8. The van der Waals surface area contributed by atoms with Gasteiger partial charge < -0.3 is 15.2 Å². The van der Waals surface area contributed by atoms with Gasteiger partial charge in [-0.05, 0) is 12.1 Å². The first-order valence-electron chi connectivity index (χ1n) is 7.98. The first-order valence-corrected chi connectivity index (χ1v) is 7.98. The Morgan fingerprint density at radius 3 is 2.50 bits per heavy atom. The third kappa shape index (κ3) is 5.49. The van der Waals surface area contributed by atoms with Crippen molar-refractivity contribution in [3.8, 4) is 0 Å². The second-order valence-corrected chi connectivity index (χ2v) is 5.67. The van der Waals surface area contributed by atoms with Gasteiger partial charge in [0.1, 0.15) is 0 Å². The number of hydrogen-bond donors (Lipinski definition) is 2. The minimum atomic E-state index is -0.156. The third-order valence-corrected chi connectivity index (χ3v) is 3.33. The van der Waals surface area contributed by atoms with Crippen LogP contribution in [0, 0.1) is 0 Å². The Morgan fingerprint density at radius 2 is 1.83 bits per heavy atom. The molecule has 0 bridgehead atoms. The van der Waals surface area contributed by atoms with Gasteiger partial charge in [0.05, 0.1) is 0 Å². The molecule has 24 heavy (non-hydrogen) atoms. The van der Waals surface area contributed by atoms with Gasteiger partial charge in [0.25, 0.3) is 5.91 Å². The minimum Gasteiger partial charge on any atom is -0.354 e. The molecule has 0 saturated carbocycles. The van der Waals surface area contributed by atoms with Gasteiger partial charge in [-0.15, -0.1) is 0 Å². The van der Waals surface area contributed by atoms with Crippen LogP contribution >= 0.6 is 0 Å². The van der Waals surface area contributed by atoms with E-state index in [2.05, 4.69) is 20.8 Å². The van der Waals surface area contributed by atoms with Gasteiger partial charge in [0.2, 0.25) is 11.8 Å². The summed E-state index contributed by atoms with van der Waals surface area (Å²) in [7, 11) is 0. The molecule has 0 radical (unpaired) electrons. The van der Waals surface area contributed by atoms with E-state index in [1.165, 1.54) is 0 Å². The number of aryl methyl sites for hydroxylation is 1. The van der Waals surface area contributed by atoms with Crippen LogP contribution < -0.4 is 10.6 Å². The second kappa shape index (κ2) is 8.81. The van der Waals surface area contributed by atoms with E-state index in [4.69, 9.17) is 4.52 Å². The van der Waals surface area contributed by atoms with Crippen molar-refractivity contribution in [1.82, 2.24) is 20.8 Å². The summed E-state index contributed by atoms with van der Waals surface area (Å²) in [5.41, 5.74) is 0.598. The lowest BCUT2D eigenvalue weighted by Crippen LogP contribution is -2.34. The zero-order chi connectivity index (χ0) is 17.4. The molecule has 7 nitrogen and oxygen atoms in total. The maximum Gasteiger partial charge on any atom is 0.251 e. The zero-order valence-electron chi connectivity index (χ0n) is 13.9. The largest absolute Gasteiger partial charge is 0.354 e. The molecule has 2 aromatic rings. The van der Waals surface area contributed by atoms with Crippen molar-refractivity contribution in [1.29, 1.82) is 0 Å². The average Bonchev–Trinajstić information content (AvgIpc) is 3.07. The molecule has 0 aliphatic rings. The minimum absolute atomic E-state index is 0.117. The lowest BCUT2D eigenvalue weighted by Gasteiger charge is -2.06. The maximum absolute atomic E-state index is 11.8. The van der Waals surface area contributed by atoms with E-state index in [9.17, 15) is 9.59 Å². The van der Waals surface area contributed by atoms with E-state index in [1.807, 2.05) is 19.9 Å². The Balaban J connectivity index is 1.62. The quantitative estimate of drug-likeness (QED) is 0.718. The smallest absolute Gasteiger partial charge is 0.251 e. The van der Waals surface area contributed by atoms with Crippen LogP contribution in [-0.4, -0.2) is 35.0 Å². The van der Waals surface area contributed by atoms with Crippen molar-refractivity contribution in [2.45, 2.75) is 32.6 Å². The molecule has 0 aliphatic heterocycles. The second-order valence-electron chi connectivity index (χ2n) is 5.67. The van der Waals surface area contributed by atoms with Gasteiger partial charge in [0.15, 0.2) is 5.82 Å². The molecule has 0 saturated heterocycles. The molecular formula is C17H22N4O3. The molecule has 0 spiro atoms. The van der Waals surface area contributed by atoms with E-state index in [-0.39, 0.29) is 24.2 Å². The summed E-state index contributed by atoms with van der Waals surface area (Å²) in [4.78, 5) is 27.8. The normalized spacial score (nSPS) is 10.6. The van der Waals surface area contributed by atoms with Gasteiger partial charge in [-0.1, -0.05) is 37.2 Å². The highest BCUT2D eigenvalue weighted by Crippen LogP contribution is 2.10. The molecule has 0 aliphatic carbocycles. The topological polar surface area (TPSA) is 97.1 Å². The number of benzene rings is 1. The molecule has 2 N–H and O–H groups in total. The van der Waals surface area contributed by atoms with Crippen molar-refractivity contribution in [3.05, 3.63) is 47.6 Å². The molecule has 2 rings (SSSR count). The molecule has 2 amide bonds. The van der Waals surface area contributed by atoms with Crippen LogP contribution in [0.15, 0.2) is 34.9 Å². The first-order chi connectivity index (χ1) is 11.6. The number of nitrogens with one attached hydrogen (secondary N) is 2. The molecular weight excluding hydrogens is 308 g/mol. The lowest BCUT2D eigenvalue weighted by atomic mass is 10.2. The number of nitrogens with zero attached hydrogens (tertiary/aromatic N) is 2. The van der Waals surface area contributed by atoms with Gasteiger partial charge >= 0.3 is 0 Å². The van der Waals surface area contributed by atoms with Crippen LogP contribution in [-0.2, 0) is 11.2 Å². The number of carbonyl (C=O) groups excluding carboxylic acids is 2. The SMILES string of the molecule is CC(C)c1noc(CCC(=O)NCCNC(=O)c2ccccc2)n1. The highest BCUT2D eigenvalue weighted by atomic mass is 16.5. The van der Waals surface area contributed by atoms with Gasteiger partial charge in [-0.3, -0.25) is 9.59 Å². The Hall–Kier alpha value is -2.70. The van der Waals surface area contributed by atoms with Crippen molar-refractivity contribution in [2.75, 3.05) is 13.1 Å². The van der Waals surface area contributed by atoms with E-state index >= 15 is 0 Å². The van der Waals surface area contributed by atoms with Crippen LogP contribution in [0.2, 0.25) is 0 Å². The standard InChI is InChI=1S/C17H22N4O3/c1-12(2)16-20-15(24-21-16)9-8-14(22)18-10-11-19-17(23)13-6-4-3-5-7-13/h3-7,12H,8-11H2,1-2H3,(H,18,22)(H,19,23). The molecule has 1 aromatic heterocycles. The fraction of sp³-hybridized carbons (Fsp3) is 0.412. The van der Waals surface area contributed by atoms with E-state index in [0.717, 1.165) is 0 Å². The Bertz CT molecular complexity index is 667. The van der Waals surface area contributed by atoms with Gasteiger partial charge in [0, 0.05) is 37.4 Å². The Kier molecular flexibility index (Phi) is 6.48.